The van der Waals surface area contributed by atoms with Gasteiger partial charge < -0.3 is 10.3 Å². The molecule has 1 aromatic carbocycles. The van der Waals surface area contributed by atoms with Crippen molar-refractivity contribution in [3.8, 4) is 0 Å². The summed E-state index contributed by atoms with van der Waals surface area (Å²) in [5.41, 5.74) is 5.65. The smallest absolute Gasteiger partial charge is 0.0606 e. The molecule has 0 aliphatic rings. The van der Waals surface area contributed by atoms with Crippen LogP contribution in [0.25, 0.3) is 10.9 Å². The Morgan fingerprint density at radius 2 is 2.00 bits per heavy atom. The molecule has 0 unspecified atom stereocenters. The predicted molar refractivity (Wildman–Crippen MR) is 79.3 cm³/mol. The number of anilines is 1. The highest BCUT2D eigenvalue weighted by Crippen LogP contribution is 2.19. The SMILES string of the molecule is Cc1ccc(NCc2cccc3cc[nH]c23)c(C)n1. The Balaban J connectivity index is 1.84. The van der Waals surface area contributed by atoms with Gasteiger partial charge >= 0.3 is 0 Å². The van der Waals surface area contributed by atoms with Crippen LogP contribution in [0.4, 0.5) is 5.69 Å². The van der Waals surface area contributed by atoms with Gasteiger partial charge in [0.05, 0.1) is 16.9 Å². The predicted octanol–water partition coefficient (Wildman–Crippen LogP) is 3.79. The van der Waals surface area contributed by atoms with Crippen LogP contribution in [0.5, 0.6) is 0 Å². The van der Waals surface area contributed by atoms with E-state index in [1.165, 1.54) is 16.5 Å². The number of fused-ring (bicyclic) bond motifs is 1. The summed E-state index contributed by atoms with van der Waals surface area (Å²) in [6.45, 7) is 4.84. The summed E-state index contributed by atoms with van der Waals surface area (Å²) in [5, 5.41) is 4.70. The van der Waals surface area contributed by atoms with Gasteiger partial charge in [-0.3, -0.25) is 4.98 Å². The molecule has 19 heavy (non-hydrogen) atoms. The molecule has 3 nitrogen and oxygen atoms in total. The summed E-state index contributed by atoms with van der Waals surface area (Å²) < 4.78 is 0. The molecule has 0 radical (unpaired) electrons. The highest BCUT2D eigenvalue weighted by molar-refractivity contribution is 5.82. The highest BCUT2D eigenvalue weighted by atomic mass is 14.9. The van der Waals surface area contributed by atoms with Crippen molar-refractivity contribution in [3.63, 3.8) is 0 Å². The van der Waals surface area contributed by atoms with Gasteiger partial charge in [-0.25, -0.2) is 0 Å². The van der Waals surface area contributed by atoms with Gasteiger partial charge in [0.25, 0.3) is 0 Å². The van der Waals surface area contributed by atoms with Crippen molar-refractivity contribution in [2.75, 3.05) is 5.32 Å². The number of hydrogen-bond donors (Lipinski definition) is 2. The lowest BCUT2D eigenvalue weighted by molar-refractivity contribution is 1.08. The van der Waals surface area contributed by atoms with Crippen molar-refractivity contribution < 1.29 is 0 Å². The molecule has 96 valence electrons. The number of hydrogen-bond acceptors (Lipinski definition) is 2. The van der Waals surface area contributed by atoms with Crippen LogP contribution in [-0.4, -0.2) is 9.97 Å². The third-order valence-electron chi connectivity index (χ3n) is 3.37. The van der Waals surface area contributed by atoms with Crippen molar-refractivity contribution in [2.45, 2.75) is 20.4 Å². The molecule has 0 bridgehead atoms. The van der Waals surface area contributed by atoms with Crippen LogP contribution in [0.3, 0.4) is 0 Å². The quantitative estimate of drug-likeness (QED) is 0.743. The minimum Gasteiger partial charge on any atom is -0.379 e. The van der Waals surface area contributed by atoms with Crippen molar-refractivity contribution in [2.24, 2.45) is 0 Å². The zero-order chi connectivity index (χ0) is 13.2. The monoisotopic (exact) mass is 251 g/mol. The standard InChI is InChI=1S/C16H17N3/c1-11-6-7-15(12(2)19-11)18-10-14-5-3-4-13-8-9-17-16(13)14/h3-9,17-18H,10H2,1-2H3. The van der Waals surface area contributed by atoms with Crippen LogP contribution < -0.4 is 5.32 Å². The largest absolute Gasteiger partial charge is 0.379 e. The van der Waals surface area contributed by atoms with Crippen molar-refractivity contribution >= 4 is 16.6 Å². The fraction of sp³-hybridized carbons (Fsp3) is 0.188. The average Bonchev–Trinajstić information content (AvgIpc) is 2.86. The Bertz CT molecular complexity index is 713. The number of H-pyrrole nitrogens is 1. The molecular formula is C16H17N3. The number of nitrogens with one attached hydrogen (secondary N) is 2. The van der Waals surface area contributed by atoms with Gasteiger partial charge in [-0.15, -0.1) is 0 Å². The Morgan fingerprint density at radius 1 is 1.11 bits per heavy atom. The lowest BCUT2D eigenvalue weighted by Gasteiger charge is -2.10. The first-order valence-corrected chi connectivity index (χ1v) is 6.47. The van der Waals surface area contributed by atoms with E-state index in [0.717, 1.165) is 23.6 Å². The van der Waals surface area contributed by atoms with Gasteiger partial charge in [-0.2, -0.15) is 0 Å². The van der Waals surface area contributed by atoms with Gasteiger partial charge in [0.1, 0.15) is 0 Å². The third kappa shape index (κ3) is 2.32. The summed E-state index contributed by atoms with van der Waals surface area (Å²) >= 11 is 0. The molecular weight excluding hydrogens is 234 g/mol. The molecule has 2 aromatic heterocycles. The van der Waals surface area contributed by atoms with E-state index in [9.17, 15) is 0 Å². The fourth-order valence-corrected chi connectivity index (χ4v) is 2.36. The van der Waals surface area contributed by atoms with Crippen LogP contribution in [0.15, 0.2) is 42.6 Å². The first kappa shape index (κ1) is 11.8. The number of rotatable bonds is 3. The summed E-state index contributed by atoms with van der Waals surface area (Å²) in [5.74, 6) is 0. The van der Waals surface area contributed by atoms with E-state index >= 15 is 0 Å². The first-order valence-electron chi connectivity index (χ1n) is 6.47. The lowest BCUT2D eigenvalue weighted by atomic mass is 10.1. The van der Waals surface area contributed by atoms with Gasteiger partial charge in [0, 0.05) is 18.4 Å². The zero-order valence-corrected chi connectivity index (χ0v) is 11.2. The van der Waals surface area contributed by atoms with Gasteiger partial charge in [-0.1, -0.05) is 18.2 Å². The summed E-state index contributed by atoms with van der Waals surface area (Å²) in [6, 6.07) is 12.6. The first-order chi connectivity index (χ1) is 9.24. The Morgan fingerprint density at radius 3 is 2.84 bits per heavy atom. The second-order valence-corrected chi connectivity index (χ2v) is 4.80. The molecule has 0 aliphatic heterocycles. The van der Waals surface area contributed by atoms with Gasteiger partial charge in [0.15, 0.2) is 0 Å². The molecule has 0 fully saturated rings. The Kier molecular flexibility index (Phi) is 2.95. The van der Waals surface area contributed by atoms with E-state index in [1.54, 1.807) is 0 Å². The van der Waals surface area contributed by atoms with Crippen molar-refractivity contribution in [1.82, 2.24) is 9.97 Å². The molecule has 0 atom stereocenters. The van der Waals surface area contributed by atoms with Crippen LogP contribution >= 0.6 is 0 Å². The molecule has 0 aliphatic carbocycles. The van der Waals surface area contributed by atoms with Crippen LogP contribution in [0, 0.1) is 13.8 Å². The van der Waals surface area contributed by atoms with E-state index in [1.807, 2.05) is 26.1 Å². The summed E-state index contributed by atoms with van der Waals surface area (Å²) in [7, 11) is 0. The fourth-order valence-electron chi connectivity index (χ4n) is 2.36. The number of nitrogens with zero attached hydrogens (tertiary/aromatic N) is 1. The molecule has 0 amide bonds. The second-order valence-electron chi connectivity index (χ2n) is 4.80. The maximum atomic E-state index is 4.47. The van der Waals surface area contributed by atoms with Crippen molar-refractivity contribution in [3.05, 3.63) is 59.5 Å². The minimum atomic E-state index is 0.795. The molecule has 0 saturated carbocycles. The number of aryl methyl sites for hydroxylation is 2. The van der Waals surface area contributed by atoms with Crippen LogP contribution in [-0.2, 0) is 6.54 Å². The van der Waals surface area contributed by atoms with E-state index in [2.05, 4.69) is 45.6 Å². The molecule has 3 rings (SSSR count). The molecule has 3 aromatic rings. The third-order valence-corrected chi connectivity index (χ3v) is 3.37. The molecule has 0 spiro atoms. The topological polar surface area (TPSA) is 40.7 Å². The molecule has 0 saturated heterocycles. The average molecular weight is 251 g/mol. The van der Waals surface area contributed by atoms with Crippen LogP contribution in [0.2, 0.25) is 0 Å². The molecule has 3 heteroatoms. The maximum absolute atomic E-state index is 4.47. The van der Waals surface area contributed by atoms with Gasteiger partial charge in [0.2, 0.25) is 0 Å². The maximum Gasteiger partial charge on any atom is 0.0606 e. The lowest BCUT2D eigenvalue weighted by Crippen LogP contribution is -2.03. The number of para-hydroxylation sites is 1. The second kappa shape index (κ2) is 4.76. The van der Waals surface area contributed by atoms with E-state index in [0.29, 0.717) is 0 Å². The number of pyridine rings is 1. The number of aromatic nitrogens is 2. The van der Waals surface area contributed by atoms with Crippen LogP contribution in [0.1, 0.15) is 17.0 Å². The minimum absolute atomic E-state index is 0.795. The summed E-state index contributed by atoms with van der Waals surface area (Å²) in [4.78, 5) is 7.76. The normalized spacial score (nSPS) is 10.8. The Labute approximate surface area is 112 Å². The number of benzene rings is 1. The highest BCUT2D eigenvalue weighted by Gasteiger charge is 2.03. The Hall–Kier alpha value is -2.29. The zero-order valence-electron chi connectivity index (χ0n) is 11.2. The van der Waals surface area contributed by atoms with Gasteiger partial charge in [-0.05, 0) is 43.0 Å². The molecule has 2 heterocycles. The number of aromatic amines is 1. The van der Waals surface area contributed by atoms with E-state index < -0.39 is 0 Å². The summed E-state index contributed by atoms with van der Waals surface area (Å²) in [6.07, 6.45) is 1.98. The van der Waals surface area contributed by atoms with E-state index in [-0.39, 0.29) is 0 Å². The molecule has 2 N–H and O–H groups in total. The van der Waals surface area contributed by atoms with E-state index in [4.69, 9.17) is 0 Å². The van der Waals surface area contributed by atoms with Crippen molar-refractivity contribution in [1.29, 1.82) is 0 Å².